The molecule has 1 aromatic rings. The van der Waals surface area contributed by atoms with E-state index in [-0.39, 0.29) is 5.56 Å². The van der Waals surface area contributed by atoms with Gasteiger partial charge in [0.25, 0.3) is 0 Å². The van der Waals surface area contributed by atoms with Crippen LogP contribution in [0.1, 0.15) is 50.7 Å². The molecule has 3 unspecified atom stereocenters. The Kier molecular flexibility index (Phi) is 5.49. The summed E-state index contributed by atoms with van der Waals surface area (Å²) in [5.41, 5.74) is 0.154. The van der Waals surface area contributed by atoms with Gasteiger partial charge in [-0.1, -0.05) is 25.8 Å². The van der Waals surface area contributed by atoms with E-state index in [9.17, 15) is 13.9 Å². The van der Waals surface area contributed by atoms with Crippen LogP contribution in [0, 0.1) is 17.6 Å². The number of nitrogens with one attached hydrogen (secondary N) is 1. The quantitative estimate of drug-likeness (QED) is 0.828. The molecule has 1 fully saturated rings. The van der Waals surface area contributed by atoms with Gasteiger partial charge in [-0.25, -0.2) is 8.78 Å². The summed E-state index contributed by atoms with van der Waals surface area (Å²) in [4.78, 5) is 0. The number of halogens is 2. The fourth-order valence-electron chi connectivity index (χ4n) is 2.85. The zero-order chi connectivity index (χ0) is 14.5. The first kappa shape index (κ1) is 15.4. The van der Waals surface area contributed by atoms with Gasteiger partial charge in [-0.2, -0.15) is 0 Å². The van der Waals surface area contributed by atoms with Crippen molar-refractivity contribution in [2.24, 2.45) is 5.92 Å². The molecule has 0 radical (unpaired) electrons. The zero-order valence-electron chi connectivity index (χ0n) is 11.9. The summed E-state index contributed by atoms with van der Waals surface area (Å²) in [6.07, 6.45) is 4.91. The van der Waals surface area contributed by atoms with Crippen LogP contribution >= 0.6 is 0 Å². The molecule has 0 heterocycles. The van der Waals surface area contributed by atoms with Crippen molar-refractivity contribution in [1.29, 1.82) is 0 Å². The third-order valence-electron chi connectivity index (χ3n) is 4.18. The smallest absolute Gasteiger partial charge is 0.131 e. The predicted molar refractivity (Wildman–Crippen MR) is 75.4 cm³/mol. The second-order valence-electron chi connectivity index (χ2n) is 5.90. The van der Waals surface area contributed by atoms with Crippen LogP contribution in [-0.2, 0) is 0 Å². The average Bonchev–Trinajstić information content (AvgIpc) is 2.61. The van der Waals surface area contributed by atoms with E-state index in [0.29, 0.717) is 12.6 Å². The van der Waals surface area contributed by atoms with Crippen LogP contribution in [0.3, 0.4) is 0 Å². The molecule has 2 N–H and O–H groups in total. The Morgan fingerprint density at radius 3 is 2.80 bits per heavy atom. The van der Waals surface area contributed by atoms with Crippen molar-refractivity contribution in [3.05, 3.63) is 35.4 Å². The monoisotopic (exact) mass is 283 g/mol. The lowest BCUT2D eigenvalue weighted by molar-refractivity contribution is 0.163. The number of aliphatic hydroxyl groups excluding tert-OH is 1. The molecule has 0 bridgehead atoms. The fraction of sp³-hybridized carbons (Fsp3) is 0.625. The van der Waals surface area contributed by atoms with Gasteiger partial charge in [-0.05, 0) is 31.2 Å². The van der Waals surface area contributed by atoms with Crippen LogP contribution < -0.4 is 5.32 Å². The largest absolute Gasteiger partial charge is 0.387 e. The Morgan fingerprint density at radius 2 is 2.05 bits per heavy atom. The van der Waals surface area contributed by atoms with Crippen LogP contribution in [0.25, 0.3) is 0 Å². The Bertz CT molecular complexity index is 438. The molecule has 0 spiro atoms. The second-order valence-corrected chi connectivity index (χ2v) is 5.90. The van der Waals surface area contributed by atoms with E-state index >= 15 is 0 Å². The molecular weight excluding hydrogens is 260 g/mol. The normalized spacial score (nSPS) is 25.2. The Balaban J connectivity index is 1.86. The summed E-state index contributed by atoms with van der Waals surface area (Å²) in [6, 6.07) is 3.69. The average molecular weight is 283 g/mol. The molecule has 1 aromatic carbocycles. The van der Waals surface area contributed by atoms with Crippen molar-refractivity contribution >= 4 is 0 Å². The minimum absolute atomic E-state index is 0.154. The molecule has 4 heteroatoms. The van der Waals surface area contributed by atoms with Gasteiger partial charge in [0.2, 0.25) is 0 Å². The predicted octanol–water partition coefficient (Wildman–Crippen LogP) is 3.56. The van der Waals surface area contributed by atoms with E-state index < -0.39 is 17.7 Å². The molecule has 20 heavy (non-hydrogen) atoms. The van der Waals surface area contributed by atoms with Crippen LogP contribution in [0.2, 0.25) is 0 Å². The van der Waals surface area contributed by atoms with Crippen molar-refractivity contribution in [3.63, 3.8) is 0 Å². The van der Waals surface area contributed by atoms with Gasteiger partial charge in [0.1, 0.15) is 11.6 Å². The summed E-state index contributed by atoms with van der Waals surface area (Å²) in [5.74, 6) is -0.542. The fourth-order valence-corrected chi connectivity index (χ4v) is 2.85. The van der Waals surface area contributed by atoms with E-state index in [1.807, 2.05) is 0 Å². The molecule has 2 nitrogen and oxygen atoms in total. The van der Waals surface area contributed by atoms with E-state index in [0.717, 1.165) is 24.8 Å². The Morgan fingerprint density at radius 1 is 1.25 bits per heavy atom. The van der Waals surface area contributed by atoms with Gasteiger partial charge in [0, 0.05) is 24.2 Å². The minimum Gasteiger partial charge on any atom is -0.387 e. The molecule has 0 aliphatic heterocycles. The maximum Gasteiger partial charge on any atom is 0.131 e. The van der Waals surface area contributed by atoms with E-state index in [4.69, 9.17) is 0 Å². The first-order chi connectivity index (χ1) is 9.56. The third kappa shape index (κ3) is 4.25. The van der Waals surface area contributed by atoms with E-state index in [2.05, 4.69) is 12.2 Å². The Labute approximate surface area is 119 Å². The number of aliphatic hydroxyl groups is 1. The van der Waals surface area contributed by atoms with Crippen LogP contribution in [0.5, 0.6) is 0 Å². The number of hydrogen-bond acceptors (Lipinski definition) is 2. The lowest BCUT2D eigenvalue weighted by atomic mass is 10.0. The molecule has 1 aliphatic carbocycles. The van der Waals surface area contributed by atoms with Gasteiger partial charge >= 0.3 is 0 Å². The number of hydrogen-bond donors (Lipinski definition) is 2. The third-order valence-corrected chi connectivity index (χ3v) is 4.18. The van der Waals surface area contributed by atoms with Gasteiger partial charge in [0.05, 0.1) is 6.10 Å². The molecule has 1 saturated carbocycles. The Hall–Kier alpha value is -1.00. The standard InChI is InChI=1S/C16H23F2NO/c1-11-3-2-4-13(7-5-11)19-10-16(20)14-8-6-12(17)9-15(14)18/h6,8-9,11,13,16,19-20H,2-5,7,10H2,1H3. The first-order valence-corrected chi connectivity index (χ1v) is 7.42. The highest BCUT2D eigenvalue weighted by Crippen LogP contribution is 2.23. The maximum absolute atomic E-state index is 13.6. The molecule has 112 valence electrons. The summed E-state index contributed by atoms with van der Waals surface area (Å²) >= 11 is 0. The first-order valence-electron chi connectivity index (χ1n) is 7.42. The second kappa shape index (κ2) is 7.14. The van der Waals surface area contributed by atoms with Crippen molar-refractivity contribution < 1.29 is 13.9 Å². The van der Waals surface area contributed by atoms with Gasteiger partial charge in [-0.15, -0.1) is 0 Å². The molecule has 1 aliphatic rings. The highest BCUT2D eigenvalue weighted by atomic mass is 19.1. The maximum atomic E-state index is 13.6. The lowest BCUT2D eigenvalue weighted by Crippen LogP contribution is -2.32. The topological polar surface area (TPSA) is 32.3 Å². The van der Waals surface area contributed by atoms with E-state index in [1.54, 1.807) is 0 Å². The van der Waals surface area contributed by atoms with Gasteiger partial charge in [0.15, 0.2) is 0 Å². The minimum atomic E-state index is -0.934. The lowest BCUT2D eigenvalue weighted by Gasteiger charge is -2.19. The number of rotatable bonds is 4. The van der Waals surface area contributed by atoms with Crippen molar-refractivity contribution in [3.8, 4) is 0 Å². The van der Waals surface area contributed by atoms with Crippen LogP contribution in [0.15, 0.2) is 18.2 Å². The highest BCUT2D eigenvalue weighted by Gasteiger charge is 2.18. The van der Waals surface area contributed by atoms with E-state index in [1.165, 1.54) is 31.4 Å². The highest BCUT2D eigenvalue weighted by molar-refractivity contribution is 5.21. The molecule has 0 aromatic heterocycles. The molecular formula is C16H23F2NO. The van der Waals surface area contributed by atoms with Gasteiger partial charge in [-0.3, -0.25) is 0 Å². The molecule has 0 saturated heterocycles. The summed E-state index contributed by atoms with van der Waals surface area (Å²) in [7, 11) is 0. The van der Waals surface area contributed by atoms with Crippen LogP contribution in [-0.4, -0.2) is 17.7 Å². The summed E-state index contributed by atoms with van der Waals surface area (Å²) < 4.78 is 26.4. The molecule has 3 atom stereocenters. The summed E-state index contributed by atoms with van der Waals surface area (Å²) in [5, 5.41) is 13.3. The van der Waals surface area contributed by atoms with Crippen molar-refractivity contribution in [2.75, 3.05) is 6.54 Å². The zero-order valence-corrected chi connectivity index (χ0v) is 11.9. The van der Waals surface area contributed by atoms with Crippen molar-refractivity contribution in [2.45, 2.75) is 51.2 Å². The van der Waals surface area contributed by atoms with Crippen molar-refractivity contribution in [1.82, 2.24) is 5.32 Å². The summed E-state index contributed by atoms with van der Waals surface area (Å²) in [6.45, 7) is 2.58. The molecule has 0 amide bonds. The molecule has 2 rings (SSSR count). The SMILES string of the molecule is CC1CCCC(NCC(O)c2ccc(F)cc2F)CC1. The number of benzene rings is 1. The van der Waals surface area contributed by atoms with Gasteiger partial charge < -0.3 is 10.4 Å². The van der Waals surface area contributed by atoms with Crippen LogP contribution in [0.4, 0.5) is 8.78 Å².